The van der Waals surface area contributed by atoms with Gasteiger partial charge in [0.1, 0.15) is 0 Å². The van der Waals surface area contributed by atoms with Gasteiger partial charge in [0.05, 0.1) is 0 Å². The molecule has 0 unspecified atom stereocenters. The van der Waals surface area contributed by atoms with Crippen LogP contribution in [0.3, 0.4) is 0 Å². The molecule has 0 N–H and O–H groups in total. The summed E-state index contributed by atoms with van der Waals surface area (Å²) in [5.41, 5.74) is 12.9. The SMILES string of the molecule is c1ccc(-c2ccc(-c3cccc(N(c4ccccc4)c4cccc(-c5cc6ccccc6c6ccccc56)c4)c3)c(-c3ccccc3)c2)cc1. The maximum absolute atomic E-state index is 2.37. The van der Waals surface area contributed by atoms with Crippen LogP contribution in [0.15, 0.2) is 212 Å². The second-order valence-electron chi connectivity index (χ2n) is 13.0. The molecule has 0 aliphatic heterocycles. The molecule has 0 aliphatic rings. The summed E-state index contributed by atoms with van der Waals surface area (Å²) in [5, 5.41) is 5.06. The van der Waals surface area contributed by atoms with E-state index in [4.69, 9.17) is 0 Å². The van der Waals surface area contributed by atoms with E-state index >= 15 is 0 Å². The highest BCUT2D eigenvalue weighted by Crippen LogP contribution is 2.42. The molecule has 240 valence electrons. The van der Waals surface area contributed by atoms with E-state index in [1.54, 1.807) is 0 Å². The van der Waals surface area contributed by atoms with E-state index in [-0.39, 0.29) is 0 Å². The first kappa shape index (κ1) is 30.4. The second kappa shape index (κ2) is 13.3. The molecule has 0 saturated heterocycles. The largest absolute Gasteiger partial charge is 0.310 e. The average molecular weight is 650 g/mol. The van der Waals surface area contributed by atoms with Gasteiger partial charge < -0.3 is 4.90 Å². The number of anilines is 3. The van der Waals surface area contributed by atoms with Gasteiger partial charge in [-0.1, -0.05) is 164 Å². The predicted molar refractivity (Wildman–Crippen MR) is 218 cm³/mol. The van der Waals surface area contributed by atoms with E-state index < -0.39 is 0 Å². The van der Waals surface area contributed by atoms with Crippen LogP contribution in [0, 0.1) is 0 Å². The Labute approximate surface area is 299 Å². The highest BCUT2D eigenvalue weighted by molar-refractivity contribution is 6.14. The molecule has 0 bridgehead atoms. The van der Waals surface area contributed by atoms with Crippen molar-refractivity contribution >= 4 is 38.6 Å². The van der Waals surface area contributed by atoms with Crippen LogP contribution >= 0.6 is 0 Å². The number of hydrogen-bond donors (Lipinski definition) is 0. The molecule has 51 heavy (non-hydrogen) atoms. The fourth-order valence-electron chi connectivity index (χ4n) is 7.41. The Hall–Kier alpha value is -6.70. The number of hydrogen-bond acceptors (Lipinski definition) is 1. The summed E-state index contributed by atoms with van der Waals surface area (Å²) in [7, 11) is 0. The number of benzene rings is 9. The van der Waals surface area contributed by atoms with Gasteiger partial charge in [0, 0.05) is 17.1 Å². The van der Waals surface area contributed by atoms with E-state index in [1.807, 2.05) is 0 Å². The van der Waals surface area contributed by atoms with Gasteiger partial charge in [-0.25, -0.2) is 0 Å². The maximum atomic E-state index is 2.37. The normalized spacial score (nSPS) is 11.1. The Balaban J connectivity index is 1.19. The molecule has 9 aromatic carbocycles. The fraction of sp³-hybridized carbons (Fsp3) is 0. The minimum Gasteiger partial charge on any atom is -0.310 e. The fourth-order valence-corrected chi connectivity index (χ4v) is 7.41. The third kappa shape index (κ3) is 5.86. The zero-order valence-electron chi connectivity index (χ0n) is 28.2. The monoisotopic (exact) mass is 649 g/mol. The van der Waals surface area contributed by atoms with Crippen molar-refractivity contribution in [1.82, 2.24) is 0 Å². The van der Waals surface area contributed by atoms with Crippen LogP contribution in [-0.4, -0.2) is 0 Å². The van der Waals surface area contributed by atoms with E-state index in [9.17, 15) is 0 Å². The van der Waals surface area contributed by atoms with Crippen molar-refractivity contribution in [2.24, 2.45) is 0 Å². The van der Waals surface area contributed by atoms with Crippen molar-refractivity contribution in [1.29, 1.82) is 0 Å². The van der Waals surface area contributed by atoms with Gasteiger partial charge in [-0.3, -0.25) is 0 Å². The smallest absolute Gasteiger partial charge is 0.0467 e. The second-order valence-corrected chi connectivity index (χ2v) is 13.0. The van der Waals surface area contributed by atoms with Crippen molar-refractivity contribution in [2.75, 3.05) is 4.90 Å². The standard InChI is InChI=1S/C50H35N/c1-4-16-36(17-5-1)38-30-31-46(49(34-38)37-18-6-2-7-19-37)39-21-14-25-43(32-39)51(42-23-8-3-9-24-42)44-26-15-22-40(33-44)50-35-41-20-10-11-27-45(41)47-28-12-13-29-48(47)50/h1-35H. The van der Waals surface area contributed by atoms with Crippen molar-refractivity contribution in [3.05, 3.63) is 212 Å². The van der Waals surface area contributed by atoms with Crippen molar-refractivity contribution in [2.45, 2.75) is 0 Å². The van der Waals surface area contributed by atoms with Crippen LogP contribution in [0.5, 0.6) is 0 Å². The third-order valence-electron chi connectivity index (χ3n) is 9.82. The van der Waals surface area contributed by atoms with E-state index in [0.29, 0.717) is 0 Å². The highest BCUT2D eigenvalue weighted by Gasteiger charge is 2.17. The van der Waals surface area contributed by atoms with Gasteiger partial charge in [-0.05, 0) is 115 Å². The Morgan fingerprint density at radius 1 is 0.235 bits per heavy atom. The molecule has 0 aromatic heterocycles. The Morgan fingerprint density at radius 3 is 1.43 bits per heavy atom. The zero-order chi connectivity index (χ0) is 34.0. The molecule has 9 aromatic rings. The van der Waals surface area contributed by atoms with Gasteiger partial charge in [-0.2, -0.15) is 0 Å². The highest BCUT2D eigenvalue weighted by atomic mass is 15.1. The Bertz CT molecular complexity index is 2620. The van der Waals surface area contributed by atoms with Gasteiger partial charge in [0.2, 0.25) is 0 Å². The summed E-state index contributed by atoms with van der Waals surface area (Å²) in [5.74, 6) is 0. The first-order chi connectivity index (χ1) is 25.3. The molecule has 0 atom stereocenters. The molecule has 1 heteroatoms. The van der Waals surface area contributed by atoms with Crippen LogP contribution in [0.4, 0.5) is 17.1 Å². The molecule has 0 amide bonds. The lowest BCUT2D eigenvalue weighted by Crippen LogP contribution is -2.10. The molecule has 1 nitrogen and oxygen atoms in total. The molecule has 0 heterocycles. The molecule has 9 rings (SSSR count). The van der Waals surface area contributed by atoms with Gasteiger partial charge in [-0.15, -0.1) is 0 Å². The quantitative estimate of drug-likeness (QED) is 0.155. The maximum Gasteiger partial charge on any atom is 0.0467 e. The summed E-state index contributed by atoms with van der Waals surface area (Å²) in [6.45, 7) is 0. The Morgan fingerprint density at radius 2 is 0.745 bits per heavy atom. The minimum atomic E-state index is 1.10. The minimum absolute atomic E-state index is 1.10. The Kier molecular flexibility index (Phi) is 7.92. The summed E-state index contributed by atoms with van der Waals surface area (Å²) < 4.78 is 0. The number of rotatable bonds is 7. The van der Waals surface area contributed by atoms with Crippen LogP contribution in [-0.2, 0) is 0 Å². The van der Waals surface area contributed by atoms with Gasteiger partial charge >= 0.3 is 0 Å². The third-order valence-corrected chi connectivity index (χ3v) is 9.82. The molecule has 0 fully saturated rings. The van der Waals surface area contributed by atoms with Crippen LogP contribution in [0.2, 0.25) is 0 Å². The first-order valence-electron chi connectivity index (χ1n) is 17.5. The van der Waals surface area contributed by atoms with Gasteiger partial charge in [0.25, 0.3) is 0 Å². The average Bonchev–Trinajstić information content (AvgIpc) is 3.22. The van der Waals surface area contributed by atoms with Crippen LogP contribution in [0.25, 0.3) is 66.1 Å². The van der Waals surface area contributed by atoms with Gasteiger partial charge in [0.15, 0.2) is 0 Å². The lowest BCUT2D eigenvalue weighted by Gasteiger charge is -2.27. The summed E-state index contributed by atoms with van der Waals surface area (Å²) >= 11 is 0. The topological polar surface area (TPSA) is 3.24 Å². The molecule has 0 saturated carbocycles. The van der Waals surface area contributed by atoms with Crippen molar-refractivity contribution in [3.8, 4) is 44.5 Å². The summed E-state index contributed by atoms with van der Waals surface area (Å²) in [6, 6.07) is 76.6. The number of nitrogens with zero attached hydrogens (tertiary/aromatic N) is 1. The van der Waals surface area contributed by atoms with Crippen molar-refractivity contribution < 1.29 is 0 Å². The number of fused-ring (bicyclic) bond motifs is 3. The number of para-hydroxylation sites is 1. The van der Waals surface area contributed by atoms with E-state index in [1.165, 1.54) is 66.1 Å². The lowest BCUT2D eigenvalue weighted by molar-refractivity contribution is 1.28. The molecular weight excluding hydrogens is 615 g/mol. The summed E-state index contributed by atoms with van der Waals surface area (Å²) in [4.78, 5) is 2.37. The lowest BCUT2D eigenvalue weighted by atomic mass is 9.91. The summed E-state index contributed by atoms with van der Waals surface area (Å²) in [6.07, 6.45) is 0. The van der Waals surface area contributed by atoms with E-state index in [0.717, 1.165) is 17.1 Å². The predicted octanol–water partition coefficient (Wildman–Crippen LogP) is 14.1. The molecule has 0 spiro atoms. The van der Waals surface area contributed by atoms with Crippen molar-refractivity contribution in [3.63, 3.8) is 0 Å². The van der Waals surface area contributed by atoms with Crippen LogP contribution < -0.4 is 4.90 Å². The van der Waals surface area contributed by atoms with Crippen LogP contribution in [0.1, 0.15) is 0 Å². The first-order valence-corrected chi connectivity index (χ1v) is 17.5. The molecular formula is C50H35N. The molecule has 0 radical (unpaired) electrons. The molecule has 0 aliphatic carbocycles. The zero-order valence-corrected chi connectivity index (χ0v) is 28.2. The van der Waals surface area contributed by atoms with E-state index in [2.05, 4.69) is 217 Å².